The van der Waals surface area contributed by atoms with Gasteiger partial charge in [-0.3, -0.25) is 0 Å². The van der Waals surface area contributed by atoms with Crippen LogP contribution in [0.1, 0.15) is 52.4 Å². The summed E-state index contributed by atoms with van der Waals surface area (Å²) in [6.45, 7) is 6.43. The maximum Gasteiger partial charge on any atom is 0.0613 e. The van der Waals surface area contributed by atoms with E-state index in [2.05, 4.69) is 19.2 Å². The number of hydrogen-bond acceptors (Lipinski definition) is 3. The average Bonchev–Trinajstić information content (AvgIpc) is 2.83. The summed E-state index contributed by atoms with van der Waals surface area (Å²) in [5.41, 5.74) is -0.0590. The van der Waals surface area contributed by atoms with Gasteiger partial charge in [-0.05, 0) is 45.1 Å². The molecule has 1 rings (SSSR count). The Kier molecular flexibility index (Phi) is 6.32. The molecule has 2 N–H and O–H groups in total. The molecule has 0 aromatic heterocycles. The fourth-order valence-electron chi connectivity index (χ4n) is 2.33. The lowest BCUT2D eigenvalue weighted by molar-refractivity contribution is 0.0996. The van der Waals surface area contributed by atoms with Crippen LogP contribution in [-0.4, -0.2) is 36.5 Å². The molecule has 1 aliphatic rings. The third kappa shape index (κ3) is 4.04. The van der Waals surface area contributed by atoms with Gasteiger partial charge in [-0.1, -0.05) is 13.8 Å². The van der Waals surface area contributed by atoms with E-state index in [9.17, 15) is 5.11 Å². The molecule has 0 spiro atoms. The van der Waals surface area contributed by atoms with Crippen LogP contribution in [0.3, 0.4) is 0 Å². The lowest BCUT2D eigenvalue weighted by Crippen LogP contribution is -2.47. The molecule has 3 nitrogen and oxygen atoms in total. The topological polar surface area (TPSA) is 41.5 Å². The van der Waals surface area contributed by atoms with Crippen LogP contribution in [0.5, 0.6) is 0 Å². The largest absolute Gasteiger partial charge is 0.394 e. The molecule has 3 heteroatoms. The van der Waals surface area contributed by atoms with Gasteiger partial charge in [0, 0.05) is 12.1 Å². The molecule has 16 heavy (non-hydrogen) atoms. The minimum atomic E-state index is -0.0590. The maximum atomic E-state index is 9.40. The lowest BCUT2D eigenvalue weighted by atomic mass is 9.93. The van der Waals surface area contributed by atoms with Gasteiger partial charge in [0.05, 0.1) is 12.7 Å². The third-order valence-electron chi connectivity index (χ3n) is 3.88. The highest BCUT2D eigenvalue weighted by molar-refractivity contribution is 4.84. The highest BCUT2D eigenvalue weighted by Crippen LogP contribution is 2.17. The van der Waals surface area contributed by atoms with E-state index in [0.717, 1.165) is 38.8 Å². The third-order valence-corrected chi connectivity index (χ3v) is 3.88. The Morgan fingerprint density at radius 1 is 1.38 bits per heavy atom. The summed E-state index contributed by atoms with van der Waals surface area (Å²) < 4.78 is 5.59. The molecule has 96 valence electrons. The van der Waals surface area contributed by atoms with Gasteiger partial charge in [0.15, 0.2) is 0 Å². The molecule has 1 heterocycles. The van der Waals surface area contributed by atoms with Crippen molar-refractivity contribution in [2.75, 3.05) is 19.8 Å². The van der Waals surface area contributed by atoms with Gasteiger partial charge in [0.1, 0.15) is 0 Å². The van der Waals surface area contributed by atoms with Gasteiger partial charge >= 0.3 is 0 Å². The van der Waals surface area contributed by atoms with Crippen LogP contribution in [0.2, 0.25) is 0 Å². The lowest BCUT2D eigenvalue weighted by Gasteiger charge is -2.31. The monoisotopic (exact) mass is 229 g/mol. The van der Waals surface area contributed by atoms with Gasteiger partial charge in [-0.2, -0.15) is 0 Å². The van der Waals surface area contributed by atoms with Crippen molar-refractivity contribution >= 4 is 0 Å². The predicted octanol–water partition coefficient (Wildman–Crippen LogP) is 2.09. The number of nitrogens with one attached hydrogen (secondary N) is 1. The zero-order valence-electron chi connectivity index (χ0n) is 10.8. The molecule has 1 atom stereocenters. The Hall–Kier alpha value is -0.120. The van der Waals surface area contributed by atoms with Crippen LogP contribution in [0.4, 0.5) is 0 Å². The molecule has 0 amide bonds. The van der Waals surface area contributed by atoms with Crippen molar-refractivity contribution in [3.63, 3.8) is 0 Å². The second-order valence-electron chi connectivity index (χ2n) is 4.85. The molecular weight excluding hydrogens is 202 g/mol. The van der Waals surface area contributed by atoms with Crippen LogP contribution in [-0.2, 0) is 4.74 Å². The summed E-state index contributed by atoms with van der Waals surface area (Å²) in [6, 6.07) is 0. The summed E-state index contributed by atoms with van der Waals surface area (Å²) in [6.07, 6.45) is 7.22. The molecule has 0 aliphatic carbocycles. The normalized spacial score (nSPS) is 21.6. The van der Waals surface area contributed by atoms with Crippen molar-refractivity contribution in [1.29, 1.82) is 0 Å². The Bertz CT molecular complexity index is 167. The molecular formula is C13H27NO2. The minimum Gasteiger partial charge on any atom is -0.394 e. The van der Waals surface area contributed by atoms with Gasteiger partial charge < -0.3 is 15.2 Å². The van der Waals surface area contributed by atoms with E-state index in [0.29, 0.717) is 6.10 Å². The molecule has 0 aromatic rings. The van der Waals surface area contributed by atoms with E-state index in [4.69, 9.17) is 4.74 Å². The van der Waals surface area contributed by atoms with E-state index in [1.54, 1.807) is 0 Å². The van der Waals surface area contributed by atoms with Crippen molar-refractivity contribution in [3.8, 4) is 0 Å². The zero-order valence-corrected chi connectivity index (χ0v) is 10.8. The second kappa shape index (κ2) is 7.25. The van der Waals surface area contributed by atoms with Crippen LogP contribution in [0, 0.1) is 0 Å². The molecule has 1 fully saturated rings. The second-order valence-corrected chi connectivity index (χ2v) is 4.85. The predicted molar refractivity (Wildman–Crippen MR) is 66.6 cm³/mol. The van der Waals surface area contributed by atoms with E-state index in [1.165, 1.54) is 12.8 Å². The zero-order chi connectivity index (χ0) is 11.9. The van der Waals surface area contributed by atoms with Crippen molar-refractivity contribution in [2.45, 2.75) is 64.0 Å². The molecule has 1 saturated heterocycles. The van der Waals surface area contributed by atoms with E-state index in [1.807, 2.05) is 0 Å². The SMILES string of the molecule is CCC(CC)(CO)NCCCC1CCCO1. The Morgan fingerprint density at radius 2 is 2.12 bits per heavy atom. The first-order chi connectivity index (χ1) is 7.76. The highest BCUT2D eigenvalue weighted by atomic mass is 16.5. The molecule has 1 unspecified atom stereocenters. The first-order valence-electron chi connectivity index (χ1n) is 6.74. The van der Waals surface area contributed by atoms with E-state index < -0.39 is 0 Å². The van der Waals surface area contributed by atoms with Crippen molar-refractivity contribution in [2.24, 2.45) is 0 Å². The number of aliphatic hydroxyl groups is 1. The standard InChI is InChI=1S/C13H27NO2/c1-3-13(4-2,11-15)14-9-5-7-12-8-6-10-16-12/h12,14-15H,3-11H2,1-2H3. The number of aliphatic hydroxyl groups excluding tert-OH is 1. The van der Waals surface area contributed by atoms with E-state index in [-0.39, 0.29) is 12.1 Å². The molecule has 1 aliphatic heterocycles. The Morgan fingerprint density at radius 3 is 2.62 bits per heavy atom. The van der Waals surface area contributed by atoms with Crippen LogP contribution in [0.15, 0.2) is 0 Å². The summed E-state index contributed by atoms with van der Waals surface area (Å²) in [7, 11) is 0. The summed E-state index contributed by atoms with van der Waals surface area (Å²) in [5.74, 6) is 0. The first kappa shape index (κ1) is 13.9. The Labute approximate surface area is 99.6 Å². The van der Waals surface area contributed by atoms with Crippen LogP contribution in [0.25, 0.3) is 0 Å². The van der Waals surface area contributed by atoms with Gasteiger partial charge in [-0.15, -0.1) is 0 Å². The van der Waals surface area contributed by atoms with Gasteiger partial charge in [0.25, 0.3) is 0 Å². The fourth-order valence-corrected chi connectivity index (χ4v) is 2.33. The fraction of sp³-hybridized carbons (Fsp3) is 1.00. The molecule has 0 aromatic carbocycles. The average molecular weight is 229 g/mol. The van der Waals surface area contributed by atoms with Crippen molar-refractivity contribution < 1.29 is 9.84 Å². The highest BCUT2D eigenvalue weighted by Gasteiger charge is 2.24. The van der Waals surface area contributed by atoms with Crippen molar-refractivity contribution in [3.05, 3.63) is 0 Å². The van der Waals surface area contributed by atoms with Crippen LogP contribution >= 0.6 is 0 Å². The van der Waals surface area contributed by atoms with Gasteiger partial charge in [0.2, 0.25) is 0 Å². The first-order valence-corrected chi connectivity index (χ1v) is 6.74. The quantitative estimate of drug-likeness (QED) is 0.626. The Balaban J connectivity index is 2.12. The van der Waals surface area contributed by atoms with Crippen molar-refractivity contribution in [1.82, 2.24) is 5.32 Å². The maximum absolute atomic E-state index is 9.40. The number of hydrogen-bond donors (Lipinski definition) is 2. The smallest absolute Gasteiger partial charge is 0.0613 e. The molecule has 0 saturated carbocycles. The molecule has 0 radical (unpaired) electrons. The molecule has 0 bridgehead atoms. The summed E-state index contributed by atoms with van der Waals surface area (Å²) in [4.78, 5) is 0. The number of ether oxygens (including phenoxy) is 1. The van der Waals surface area contributed by atoms with Gasteiger partial charge in [-0.25, -0.2) is 0 Å². The van der Waals surface area contributed by atoms with Crippen LogP contribution < -0.4 is 5.32 Å². The minimum absolute atomic E-state index is 0.0590. The number of rotatable bonds is 8. The van der Waals surface area contributed by atoms with E-state index >= 15 is 0 Å². The summed E-state index contributed by atoms with van der Waals surface area (Å²) >= 11 is 0. The summed E-state index contributed by atoms with van der Waals surface area (Å²) in [5, 5.41) is 12.9.